The smallest absolute Gasteiger partial charge is 0.270 e. The molecule has 0 radical (unpaired) electrons. The third-order valence-corrected chi connectivity index (χ3v) is 2.94. The van der Waals surface area contributed by atoms with Crippen molar-refractivity contribution in [2.45, 2.75) is 31.7 Å². The molecule has 1 saturated carbocycles. The number of rotatable bonds is 5. The van der Waals surface area contributed by atoms with E-state index < -0.39 is 0 Å². The Labute approximate surface area is 100.0 Å². The van der Waals surface area contributed by atoms with Crippen molar-refractivity contribution in [3.63, 3.8) is 0 Å². The summed E-state index contributed by atoms with van der Waals surface area (Å²) >= 11 is 0. The van der Waals surface area contributed by atoms with Gasteiger partial charge in [0, 0.05) is 32.5 Å². The van der Waals surface area contributed by atoms with E-state index in [0.29, 0.717) is 37.7 Å². The van der Waals surface area contributed by atoms with Gasteiger partial charge in [0.05, 0.1) is 6.61 Å². The molecule has 2 amide bonds. The fraction of sp³-hybridized carbons (Fsp3) is 0.727. The van der Waals surface area contributed by atoms with Crippen LogP contribution in [0.4, 0.5) is 0 Å². The van der Waals surface area contributed by atoms with Crippen LogP contribution in [0.15, 0.2) is 5.10 Å². The maximum atomic E-state index is 12.2. The van der Waals surface area contributed by atoms with E-state index in [1.165, 1.54) is 0 Å². The zero-order valence-corrected chi connectivity index (χ0v) is 9.94. The summed E-state index contributed by atoms with van der Waals surface area (Å²) in [7, 11) is 1.62. The first kappa shape index (κ1) is 12.0. The predicted octanol–water partition coefficient (Wildman–Crippen LogP) is -0.110. The average molecular weight is 239 g/mol. The summed E-state index contributed by atoms with van der Waals surface area (Å²) in [6.45, 7) is 1.12. The minimum atomic E-state index is -0.128. The van der Waals surface area contributed by atoms with Crippen LogP contribution in [0.3, 0.4) is 0 Å². The summed E-state index contributed by atoms with van der Waals surface area (Å²) in [5, 5.41) is 3.83. The second kappa shape index (κ2) is 5.27. The molecule has 1 aliphatic carbocycles. The van der Waals surface area contributed by atoms with E-state index >= 15 is 0 Å². The molecule has 2 rings (SSSR count). The lowest BCUT2D eigenvalue weighted by Gasteiger charge is -2.23. The van der Waals surface area contributed by atoms with Crippen LogP contribution < -0.4 is 5.43 Å². The number of ether oxygens (including phenoxy) is 1. The molecule has 0 aromatic heterocycles. The molecule has 94 valence electrons. The maximum Gasteiger partial charge on any atom is 0.270 e. The van der Waals surface area contributed by atoms with Gasteiger partial charge in [-0.2, -0.15) is 5.10 Å². The summed E-state index contributed by atoms with van der Waals surface area (Å²) in [5.74, 6) is -0.194. The molecule has 0 bridgehead atoms. The monoisotopic (exact) mass is 239 g/mol. The molecule has 0 saturated heterocycles. The molecule has 1 heterocycles. The molecule has 1 N–H and O–H groups in total. The first-order valence-corrected chi connectivity index (χ1v) is 5.87. The molecule has 6 nitrogen and oxygen atoms in total. The molecular formula is C11H17N3O3. The zero-order valence-electron chi connectivity index (χ0n) is 9.94. The number of hydrazone groups is 1. The van der Waals surface area contributed by atoms with Crippen LogP contribution in [0.5, 0.6) is 0 Å². The third kappa shape index (κ3) is 3.03. The number of carbonyl (C=O) groups excluding carboxylic acids is 2. The Morgan fingerprint density at radius 3 is 2.82 bits per heavy atom. The van der Waals surface area contributed by atoms with Crippen molar-refractivity contribution >= 4 is 17.5 Å². The highest BCUT2D eigenvalue weighted by atomic mass is 16.5. The Morgan fingerprint density at radius 1 is 1.53 bits per heavy atom. The fourth-order valence-corrected chi connectivity index (χ4v) is 1.82. The van der Waals surface area contributed by atoms with Gasteiger partial charge < -0.3 is 9.64 Å². The van der Waals surface area contributed by atoms with Crippen molar-refractivity contribution in [1.82, 2.24) is 10.3 Å². The molecule has 0 aromatic carbocycles. The summed E-state index contributed by atoms with van der Waals surface area (Å²) in [6, 6.07) is 0.331. The Hall–Kier alpha value is -1.43. The minimum absolute atomic E-state index is 0.0652. The van der Waals surface area contributed by atoms with Gasteiger partial charge in [0.2, 0.25) is 5.91 Å². The SMILES string of the molecule is COCCN(C(=O)C1=NNC(=O)CC1)C1CC1. The van der Waals surface area contributed by atoms with Gasteiger partial charge in [-0.1, -0.05) is 0 Å². The Morgan fingerprint density at radius 2 is 2.29 bits per heavy atom. The molecule has 17 heavy (non-hydrogen) atoms. The Balaban J connectivity index is 1.98. The third-order valence-electron chi connectivity index (χ3n) is 2.94. The van der Waals surface area contributed by atoms with Crippen molar-refractivity contribution in [2.24, 2.45) is 5.10 Å². The average Bonchev–Trinajstić information content (AvgIpc) is 3.14. The number of carbonyl (C=O) groups is 2. The first-order chi connectivity index (χ1) is 8.22. The molecule has 6 heteroatoms. The van der Waals surface area contributed by atoms with Gasteiger partial charge in [0.25, 0.3) is 5.91 Å². The summed E-state index contributed by atoms with van der Waals surface area (Å²) in [4.78, 5) is 24.9. The van der Waals surface area contributed by atoms with Crippen molar-refractivity contribution in [3.05, 3.63) is 0 Å². The van der Waals surface area contributed by atoms with Crippen molar-refractivity contribution in [1.29, 1.82) is 0 Å². The highest BCUT2D eigenvalue weighted by Crippen LogP contribution is 2.27. The first-order valence-electron chi connectivity index (χ1n) is 5.87. The van der Waals surface area contributed by atoms with Gasteiger partial charge in [-0.25, -0.2) is 5.43 Å². The molecule has 1 fully saturated rings. The number of nitrogens with one attached hydrogen (secondary N) is 1. The lowest BCUT2D eigenvalue weighted by Crippen LogP contribution is -2.42. The lowest BCUT2D eigenvalue weighted by molar-refractivity contribution is -0.125. The van der Waals surface area contributed by atoms with Gasteiger partial charge in [0.1, 0.15) is 5.71 Å². The summed E-state index contributed by atoms with van der Waals surface area (Å²) in [6.07, 6.45) is 2.87. The van der Waals surface area contributed by atoms with E-state index in [1.807, 2.05) is 0 Å². The Kier molecular flexibility index (Phi) is 3.73. The van der Waals surface area contributed by atoms with Crippen molar-refractivity contribution in [3.8, 4) is 0 Å². The van der Waals surface area contributed by atoms with Crippen LogP contribution in [0, 0.1) is 0 Å². The molecule has 0 atom stereocenters. The number of methoxy groups -OCH3 is 1. The number of nitrogens with zero attached hydrogens (tertiary/aromatic N) is 2. The van der Waals surface area contributed by atoms with E-state index in [9.17, 15) is 9.59 Å². The minimum Gasteiger partial charge on any atom is -0.383 e. The molecule has 0 unspecified atom stereocenters. The predicted molar refractivity (Wildman–Crippen MR) is 61.4 cm³/mol. The van der Waals surface area contributed by atoms with Gasteiger partial charge in [0.15, 0.2) is 0 Å². The maximum absolute atomic E-state index is 12.2. The quantitative estimate of drug-likeness (QED) is 0.727. The van der Waals surface area contributed by atoms with Gasteiger partial charge in [-0.15, -0.1) is 0 Å². The van der Waals surface area contributed by atoms with Crippen LogP contribution in [0.25, 0.3) is 0 Å². The zero-order chi connectivity index (χ0) is 12.3. The molecule has 0 spiro atoms. The Bertz CT molecular complexity index is 350. The molecule has 0 aromatic rings. The van der Waals surface area contributed by atoms with Gasteiger partial charge in [-0.05, 0) is 12.8 Å². The summed E-state index contributed by atoms with van der Waals surface area (Å²) in [5.41, 5.74) is 2.81. The van der Waals surface area contributed by atoms with E-state index in [1.54, 1.807) is 12.0 Å². The second-order valence-electron chi connectivity index (χ2n) is 4.32. The molecule has 1 aliphatic heterocycles. The van der Waals surface area contributed by atoms with Gasteiger partial charge >= 0.3 is 0 Å². The lowest BCUT2D eigenvalue weighted by atomic mass is 10.1. The van der Waals surface area contributed by atoms with Crippen LogP contribution in [0.2, 0.25) is 0 Å². The topological polar surface area (TPSA) is 71.0 Å². The molecular weight excluding hydrogens is 222 g/mol. The number of hydrogen-bond acceptors (Lipinski definition) is 4. The van der Waals surface area contributed by atoms with E-state index in [0.717, 1.165) is 12.8 Å². The highest BCUT2D eigenvalue weighted by Gasteiger charge is 2.34. The van der Waals surface area contributed by atoms with Crippen LogP contribution in [-0.2, 0) is 14.3 Å². The van der Waals surface area contributed by atoms with Crippen LogP contribution >= 0.6 is 0 Å². The van der Waals surface area contributed by atoms with Crippen LogP contribution in [-0.4, -0.2) is 48.7 Å². The van der Waals surface area contributed by atoms with E-state index in [-0.39, 0.29) is 11.8 Å². The largest absolute Gasteiger partial charge is 0.383 e. The number of hydrogen-bond donors (Lipinski definition) is 1. The van der Waals surface area contributed by atoms with E-state index in [2.05, 4.69) is 10.5 Å². The molecule has 2 aliphatic rings. The number of amides is 2. The normalized spacial score (nSPS) is 19.6. The summed E-state index contributed by atoms with van der Waals surface area (Å²) < 4.78 is 5.00. The fourth-order valence-electron chi connectivity index (χ4n) is 1.82. The highest BCUT2D eigenvalue weighted by molar-refractivity contribution is 6.39. The van der Waals surface area contributed by atoms with Crippen molar-refractivity contribution in [2.75, 3.05) is 20.3 Å². The standard InChI is InChI=1S/C11H17N3O3/c1-17-7-6-14(8-2-3-8)11(16)9-4-5-10(15)13-12-9/h8H,2-7H2,1H3,(H,13,15). The van der Waals surface area contributed by atoms with Crippen molar-refractivity contribution < 1.29 is 14.3 Å². The van der Waals surface area contributed by atoms with E-state index in [4.69, 9.17) is 4.74 Å². The van der Waals surface area contributed by atoms with Gasteiger partial charge in [-0.3, -0.25) is 9.59 Å². The van der Waals surface area contributed by atoms with Crippen LogP contribution in [0.1, 0.15) is 25.7 Å². The second-order valence-corrected chi connectivity index (χ2v) is 4.32.